The van der Waals surface area contributed by atoms with Crippen LogP contribution < -0.4 is 27.0 Å². The largest absolute Gasteiger partial charge is 0.445 e. The summed E-state index contributed by atoms with van der Waals surface area (Å²) in [7, 11) is 0. The fourth-order valence-electron chi connectivity index (χ4n) is 5.71. The molecular weight excluding hydrogens is 650 g/mol. The van der Waals surface area contributed by atoms with Crippen molar-refractivity contribution >= 4 is 46.3 Å². The molecule has 51 heavy (non-hydrogen) atoms. The third-order valence-corrected chi connectivity index (χ3v) is 9.31. The molecule has 0 saturated heterocycles. The maximum atomic E-state index is 13.6. The molecule has 4 atom stereocenters. The highest BCUT2D eigenvalue weighted by Crippen LogP contribution is 2.36. The maximum absolute atomic E-state index is 13.6. The zero-order valence-electron chi connectivity index (χ0n) is 29.7. The predicted octanol–water partition coefficient (Wildman–Crippen LogP) is 3.83. The minimum atomic E-state index is -1.39. The Hall–Kier alpha value is -5.26. The van der Waals surface area contributed by atoms with Crippen molar-refractivity contribution in [2.24, 2.45) is 17.6 Å². The maximum Gasteiger partial charge on any atom is 0.408 e. The molecular formula is C39H49N5O7. The number of ether oxygens (including phenoxy) is 1. The Balaban J connectivity index is 1.40. The van der Waals surface area contributed by atoms with E-state index in [4.69, 9.17) is 10.5 Å². The second-order valence-electron chi connectivity index (χ2n) is 13.8. The molecule has 0 radical (unpaired) electrons. The predicted molar refractivity (Wildman–Crippen MR) is 193 cm³/mol. The van der Waals surface area contributed by atoms with Crippen LogP contribution in [-0.4, -0.2) is 59.2 Å². The van der Waals surface area contributed by atoms with E-state index >= 15 is 0 Å². The summed E-state index contributed by atoms with van der Waals surface area (Å²) in [5, 5.41) is 12.6. The van der Waals surface area contributed by atoms with Crippen molar-refractivity contribution in [2.75, 3.05) is 0 Å². The van der Waals surface area contributed by atoms with Gasteiger partial charge in [-0.15, -0.1) is 0 Å². The number of amides is 5. The molecule has 0 aliphatic heterocycles. The Morgan fingerprint density at radius 2 is 1.45 bits per heavy atom. The Bertz CT molecular complexity index is 1720. The van der Waals surface area contributed by atoms with Crippen LogP contribution >= 0.6 is 0 Å². The molecule has 0 spiro atoms. The van der Waals surface area contributed by atoms with Crippen molar-refractivity contribution in [1.82, 2.24) is 21.3 Å². The first-order chi connectivity index (χ1) is 24.3. The summed E-state index contributed by atoms with van der Waals surface area (Å²) in [6.45, 7) is 7.53. The number of Topliss-reactive ketones (excluding diaryl/α,β-unsaturated/α-hetero) is 1. The van der Waals surface area contributed by atoms with Crippen LogP contribution in [0, 0.1) is 11.8 Å². The number of ketones is 1. The fourth-order valence-corrected chi connectivity index (χ4v) is 5.71. The van der Waals surface area contributed by atoms with Gasteiger partial charge in [-0.2, -0.15) is 0 Å². The molecule has 0 aromatic heterocycles. The van der Waals surface area contributed by atoms with Gasteiger partial charge in [0.1, 0.15) is 24.2 Å². The molecule has 3 aromatic rings. The lowest BCUT2D eigenvalue weighted by Crippen LogP contribution is -2.59. The highest BCUT2D eigenvalue weighted by Gasteiger charge is 2.53. The molecule has 0 heterocycles. The Morgan fingerprint density at radius 1 is 0.784 bits per heavy atom. The van der Waals surface area contributed by atoms with Crippen LogP contribution in [0.15, 0.2) is 72.8 Å². The molecule has 1 fully saturated rings. The Morgan fingerprint density at radius 3 is 2.08 bits per heavy atom. The van der Waals surface area contributed by atoms with Crippen molar-refractivity contribution in [3.63, 3.8) is 0 Å². The van der Waals surface area contributed by atoms with Crippen LogP contribution in [0.4, 0.5) is 4.79 Å². The van der Waals surface area contributed by atoms with Gasteiger partial charge in [-0.25, -0.2) is 4.79 Å². The number of hydrogen-bond donors (Lipinski definition) is 5. The van der Waals surface area contributed by atoms with Crippen LogP contribution in [0.1, 0.15) is 70.9 Å². The van der Waals surface area contributed by atoms with Crippen molar-refractivity contribution in [1.29, 1.82) is 0 Å². The van der Waals surface area contributed by atoms with Crippen molar-refractivity contribution < 1.29 is 33.5 Å². The van der Waals surface area contributed by atoms with Gasteiger partial charge in [0, 0.05) is 6.42 Å². The summed E-state index contributed by atoms with van der Waals surface area (Å²) in [4.78, 5) is 79.1. The van der Waals surface area contributed by atoms with Gasteiger partial charge >= 0.3 is 6.09 Å². The lowest BCUT2D eigenvalue weighted by Gasteiger charge is -2.27. The van der Waals surface area contributed by atoms with Gasteiger partial charge < -0.3 is 31.7 Å². The molecule has 5 amide bonds. The van der Waals surface area contributed by atoms with Gasteiger partial charge in [0.05, 0.1) is 6.04 Å². The van der Waals surface area contributed by atoms with Crippen LogP contribution in [0.3, 0.4) is 0 Å². The van der Waals surface area contributed by atoms with E-state index in [1.165, 1.54) is 0 Å². The molecule has 0 bridgehead atoms. The zero-order chi connectivity index (χ0) is 37.1. The molecule has 4 rings (SSSR count). The van der Waals surface area contributed by atoms with E-state index in [9.17, 15) is 28.8 Å². The summed E-state index contributed by atoms with van der Waals surface area (Å²) in [6, 6.07) is 19.3. The molecule has 1 aliphatic rings. The van der Waals surface area contributed by atoms with E-state index in [2.05, 4.69) is 21.3 Å². The average molecular weight is 700 g/mol. The number of primary amides is 1. The smallest absolute Gasteiger partial charge is 0.408 e. The summed E-state index contributed by atoms with van der Waals surface area (Å²) in [5.74, 6) is -4.17. The fraction of sp³-hybridized carbons (Fsp3) is 0.436. The van der Waals surface area contributed by atoms with Crippen molar-refractivity contribution in [3.8, 4) is 0 Å². The first kappa shape index (κ1) is 38.5. The highest BCUT2D eigenvalue weighted by atomic mass is 16.5. The summed E-state index contributed by atoms with van der Waals surface area (Å²) < 4.78 is 5.32. The number of hydrogen-bond acceptors (Lipinski definition) is 7. The first-order valence-corrected chi connectivity index (χ1v) is 17.5. The van der Waals surface area contributed by atoms with E-state index < -0.39 is 65.1 Å². The zero-order valence-corrected chi connectivity index (χ0v) is 29.7. The summed E-state index contributed by atoms with van der Waals surface area (Å²) >= 11 is 0. The minimum Gasteiger partial charge on any atom is -0.445 e. The summed E-state index contributed by atoms with van der Waals surface area (Å²) in [5.41, 5.74) is 5.84. The van der Waals surface area contributed by atoms with E-state index in [0.717, 1.165) is 21.9 Å². The second-order valence-corrected chi connectivity index (χ2v) is 13.8. The molecule has 12 heteroatoms. The third kappa shape index (κ3) is 10.9. The number of benzene rings is 3. The number of carbonyl (C=O) groups excluding carboxylic acids is 6. The molecule has 272 valence electrons. The number of carbonyl (C=O) groups is 6. The van der Waals surface area contributed by atoms with E-state index in [1.54, 1.807) is 19.1 Å². The Labute approximate surface area is 298 Å². The van der Waals surface area contributed by atoms with E-state index in [0.29, 0.717) is 12.8 Å². The molecule has 1 aliphatic carbocycles. The molecule has 1 saturated carbocycles. The highest BCUT2D eigenvalue weighted by molar-refractivity contribution is 6.39. The van der Waals surface area contributed by atoms with Crippen LogP contribution in [-0.2, 0) is 41.7 Å². The average Bonchev–Trinajstić information content (AvgIpc) is 3.91. The molecule has 6 N–H and O–H groups in total. The van der Waals surface area contributed by atoms with Crippen molar-refractivity contribution in [2.45, 2.75) is 96.5 Å². The quantitative estimate of drug-likeness (QED) is 0.125. The standard InChI is InChI=1S/C39H49N5O7/c1-5-25(4)32(43-35(47)30(18-15-24(2)3)42-38(50)51-23-26-11-7-6-8-12-26)33(45)36(48)44-39(19-20-39)37(49)41-31(34(40)46)22-27-16-17-28-13-9-10-14-29(28)21-27/h6-14,16-17,21,24-25,30-32H,5,15,18-20,22-23H2,1-4H3,(H2,40,46)(H,41,49)(H,42,50)(H,43,47)(H,44,48)/t25-,30-,31-,32?/m0/s1. The van der Waals surface area contributed by atoms with E-state index in [-0.39, 0.29) is 38.2 Å². The monoisotopic (exact) mass is 699 g/mol. The van der Waals surface area contributed by atoms with Gasteiger partial charge in [-0.3, -0.25) is 24.0 Å². The SMILES string of the molecule is CC[C@H](C)C(NC(=O)[C@H](CCC(C)C)NC(=O)OCc1ccccc1)C(=O)C(=O)NC1(C(=O)N[C@@H](Cc2ccc3ccccc3c2)C(N)=O)CC1. The number of nitrogens with two attached hydrogens (primary N) is 1. The first-order valence-electron chi connectivity index (χ1n) is 17.5. The topological polar surface area (TPSA) is 186 Å². The lowest BCUT2D eigenvalue weighted by atomic mass is 9.93. The lowest BCUT2D eigenvalue weighted by molar-refractivity contribution is -0.143. The van der Waals surface area contributed by atoms with Gasteiger partial charge in [0.25, 0.3) is 5.91 Å². The van der Waals surface area contributed by atoms with Gasteiger partial charge in [-0.1, -0.05) is 107 Å². The van der Waals surface area contributed by atoms with Gasteiger partial charge in [-0.05, 0) is 59.4 Å². The number of nitrogens with one attached hydrogen (secondary N) is 4. The molecule has 12 nitrogen and oxygen atoms in total. The Kier molecular flexibility index (Phi) is 13.3. The van der Waals surface area contributed by atoms with Crippen LogP contribution in [0.2, 0.25) is 0 Å². The minimum absolute atomic E-state index is 0.0122. The third-order valence-electron chi connectivity index (χ3n) is 9.31. The number of alkyl carbamates (subject to hydrolysis) is 1. The van der Waals surface area contributed by atoms with Crippen LogP contribution in [0.5, 0.6) is 0 Å². The second kappa shape index (κ2) is 17.6. The number of fused-ring (bicyclic) bond motifs is 1. The van der Waals surface area contributed by atoms with E-state index in [1.807, 2.05) is 81.4 Å². The summed E-state index contributed by atoms with van der Waals surface area (Å²) in [6.07, 6.45) is 1.20. The van der Waals surface area contributed by atoms with Gasteiger partial charge in [0.2, 0.25) is 23.5 Å². The van der Waals surface area contributed by atoms with Crippen LogP contribution in [0.25, 0.3) is 10.8 Å². The number of rotatable bonds is 18. The molecule has 1 unspecified atom stereocenters. The van der Waals surface area contributed by atoms with Gasteiger partial charge in [0.15, 0.2) is 0 Å². The molecule has 3 aromatic carbocycles. The normalized spacial score (nSPS) is 15.5. The van der Waals surface area contributed by atoms with Crippen molar-refractivity contribution in [3.05, 3.63) is 83.9 Å².